The molecule has 3 aliphatic rings. The van der Waals surface area contributed by atoms with Gasteiger partial charge in [0.05, 0.1) is 13.2 Å². The van der Waals surface area contributed by atoms with Crippen LogP contribution in [0.25, 0.3) is 0 Å². The first-order valence-corrected chi connectivity index (χ1v) is 6.96. The summed E-state index contributed by atoms with van der Waals surface area (Å²) in [5, 5.41) is 0. The van der Waals surface area contributed by atoms with Gasteiger partial charge in [0.2, 0.25) is 0 Å². The molecular weight excluding hydrogens is 244 g/mol. The molecule has 3 heterocycles. The summed E-state index contributed by atoms with van der Waals surface area (Å²) in [6, 6.07) is 0. The molecule has 0 saturated carbocycles. The molecule has 0 aromatic rings. The van der Waals surface area contributed by atoms with Gasteiger partial charge in [0, 0.05) is 43.1 Å². The normalized spacial score (nSPS) is 37.1. The van der Waals surface area contributed by atoms with Crippen LogP contribution >= 0.6 is 0 Å². The number of hydrogen-bond acceptors (Lipinski definition) is 4. The molecule has 5 heteroatoms. The summed E-state index contributed by atoms with van der Waals surface area (Å²) in [5.41, 5.74) is -0.292. The number of likely N-dealkylation sites (tertiary alicyclic amines) is 1. The van der Waals surface area contributed by atoms with Crippen molar-refractivity contribution in [3.63, 3.8) is 0 Å². The highest BCUT2D eigenvalue weighted by Crippen LogP contribution is 2.47. The number of ether oxygens (including phenoxy) is 2. The third kappa shape index (κ3) is 2.14. The Morgan fingerprint density at radius 3 is 3.00 bits per heavy atom. The van der Waals surface area contributed by atoms with E-state index in [9.17, 15) is 4.79 Å². The lowest BCUT2D eigenvalue weighted by molar-refractivity contribution is -0.00346. The Kier molecular flexibility index (Phi) is 2.85. The molecule has 2 saturated heterocycles. The number of nitrogens with zero attached hydrogens (tertiary/aromatic N) is 2. The van der Waals surface area contributed by atoms with Gasteiger partial charge in [-0.05, 0) is 20.8 Å². The van der Waals surface area contributed by atoms with Crippen molar-refractivity contribution in [3.05, 3.63) is 0 Å². The minimum Gasteiger partial charge on any atom is -0.444 e. The Hall–Kier alpha value is -1.10. The van der Waals surface area contributed by atoms with Gasteiger partial charge in [-0.25, -0.2) is 4.79 Å². The molecular formula is C14H22N2O3. The second kappa shape index (κ2) is 4.20. The molecule has 0 radical (unpaired) electrons. The lowest BCUT2D eigenvalue weighted by Gasteiger charge is -2.44. The SMILES string of the molecule is CC(C)(C)OC(=O)N1CC2C=NCC23COCC3C1. The molecule has 106 valence electrons. The molecule has 2 fully saturated rings. The summed E-state index contributed by atoms with van der Waals surface area (Å²) in [6.45, 7) is 9.50. The zero-order valence-electron chi connectivity index (χ0n) is 11.9. The first-order chi connectivity index (χ1) is 8.91. The summed E-state index contributed by atoms with van der Waals surface area (Å²) < 4.78 is 11.1. The van der Waals surface area contributed by atoms with Crippen LogP contribution in [0.3, 0.4) is 0 Å². The highest BCUT2D eigenvalue weighted by molar-refractivity contribution is 5.71. The zero-order valence-corrected chi connectivity index (χ0v) is 11.9. The summed E-state index contributed by atoms with van der Waals surface area (Å²) in [7, 11) is 0. The molecule has 1 spiro atoms. The van der Waals surface area contributed by atoms with Crippen LogP contribution in [0.4, 0.5) is 4.79 Å². The fraction of sp³-hybridized carbons (Fsp3) is 0.857. The van der Waals surface area contributed by atoms with Gasteiger partial charge in [-0.1, -0.05) is 0 Å². The molecule has 0 aromatic carbocycles. The molecule has 3 rings (SSSR count). The van der Waals surface area contributed by atoms with Crippen LogP contribution in [0.5, 0.6) is 0 Å². The van der Waals surface area contributed by atoms with Gasteiger partial charge >= 0.3 is 6.09 Å². The van der Waals surface area contributed by atoms with Crippen molar-refractivity contribution in [1.29, 1.82) is 0 Å². The summed E-state index contributed by atoms with van der Waals surface area (Å²) in [5.74, 6) is 0.711. The Morgan fingerprint density at radius 1 is 1.47 bits per heavy atom. The predicted octanol–water partition coefficient (Wildman–Crippen LogP) is 1.57. The number of amides is 1. The quantitative estimate of drug-likeness (QED) is 0.668. The van der Waals surface area contributed by atoms with E-state index in [-0.39, 0.29) is 11.5 Å². The average molecular weight is 266 g/mol. The highest BCUT2D eigenvalue weighted by Gasteiger charge is 2.55. The van der Waals surface area contributed by atoms with Crippen molar-refractivity contribution in [1.82, 2.24) is 4.90 Å². The Labute approximate surface area is 114 Å². The molecule has 5 nitrogen and oxygen atoms in total. The van der Waals surface area contributed by atoms with Crippen LogP contribution in [0, 0.1) is 17.3 Å². The van der Waals surface area contributed by atoms with Crippen molar-refractivity contribution in [2.24, 2.45) is 22.2 Å². The molecule has 0 aromatic heterocycles. The van der Waals surface area contributed by atoms with Gasteiger partial charge < -0.3 is 14.4 Å². The lowest BCUT2D eigenvalue weighted by atomic mass is 9.67. The fourth-order valence-corrected chi connectivity index (χ4v) is 3.39. The third-order valence-electron chi connectivity index (χ3n) is 4.42. The first kappa shape index (κ1) is 12.9. The van der Waals surface area contributed by atoms with Gasteiger partial charge in [0.25, 0.3) is 0 Å². The number of carbonyl (C=O) groups is 1. The van der Waals surface area contributed by atoms with Crippen LogP contribution in [-0.2, 0) is 9.47 Å². The van der Waals surface area contributed by atoms with Gasteiger partial charge in [-0.2, -0.15) is 0 Å². The second-order valence-corrected chi connectivity index (χ2v) is 6.93. The van der Waals surface area contributed by atoms with E-state index in [0.717, 1.165) is 26.3 Å². The molecule has 1 amide bonds. The van der Waals surface area contributed by atoms with Gasteiger partial charge in [0.15, 0.2) is 0 Å². The van der Waals surface area contributed by atoms with Gasteiger partial charge in [-0.15, -0.1) is 0 Å². The van der Waals surface area contributed by atoms with E-state index >= 15 is 0 Å². The van der Waals surface area contributed by atoms with Crippen molar-refractivity contribution in [3.8, 4) is 0 Å². The average Bonchev–Trinajstić information content (AvgIpc) is 2.86. The van der Waals surface area contributed by atoms with E-state index in [4.69, 9.17) is 9.47 Å². The highest BCUT2D eigenvalue weighted by atomic mass is 16.6. The molecule has 0 bridgehead atoms. The number of carbonyl (C=O) groups excluding carboxylic acids is 1. The summed E-state index contributed by atoms with van der Waals surface area (Å²) in [4.78, 5) is 18.5. The predicted molar refractivity (Wildman–Crippen MR) is 71.4 cm³/mol. The molecule has 3 aliphatic heterocycles. The fourth-order valence-electron chi connectivity index (χ4n) is 3.39. The van der Waals surface area contributed by atoms with Crippen LogP contribution in [0.15, 0.2) is 4.99 Å². The van der Waals surface area contributed by atoms with Gasteiger partial charge in [-0.3, -0.25) is 4.99 Å². The molecule has 0 N–H and O–H groups in total. The van der Waals surface area contributed by atoms with Crippen molar-refractivity contribution >= 4 is 12.3 Å². The van der Waals surface area contributed by atoms with E-state index in [1.54, 1.807) is 0 Å². The van der Waals surface area contributed by atoms with Crippen molar-refractivity contribution in [2.75, 3.05) is 32.8 Å². The van der Waals surface area contributed by atoms with E-state index in [1.165, 1.54) is 0 Å². The number of rotatable bonds is 0. The zero-order chi connectivity index (χ0) is 13.7. The Morgan fingerprint density at radius 2 is 2.26 bits per heavy atom. The van der Waals surface area contributed by atoms with E-state index in [1.807, 2.05) is 31.9 Å². The maximum absolute atomic E-state index is 12.2. The number of piperidine rings is 1. The van der Waals surface area contributed by atoms with Crippen LogP contribution in [0.1, 0.15) is 20.8 Å². The summed E-state index contributed by atoms with van der Waals surface area (Å²) >= 11 is 0. The van der Waals surface area contributed by atoms with Crippen molar-refractivity contribution < 1.29 is 14.3 Å². The topological polar surface area (TPSA) is 51.1 Å². The van der Waals surface area contributed by atoms with E-state index in [0.29, 0.717) is 18.4 Å². The lowest BCUT2D eigenvalue weighted by Crippen LogP contribution is -2.55. The molecule has 19 heavy (non-hydrogen) atoms. The molecule has 3 unspecified atom stereocenters. The van der Waals surface area contributed by atoms with Crippen LogP contribution < -0.4 is 0 Å². The van der Waals surface area contributed by atoms with Crippen LogP contribution in [-0.4, -0.2) is 55.7 Å². The number of aliphatic imine (C=N–C) groups is 1. The first-order valence-electron chi connectivity index (χ1n) is 6.96. The van der Waals surface area contributed by atoms with Crippen LogP contribution in [0.2, 0.25) is 0 Å². The standard InChI is InChI=1S/C14H22N2O3/c1-13(2,3)19-12(17)16-5-10-4-15-8-14(10)9-18-7-11(14)6-16/h4,10-11H,5-9H2,1-3H3. The number of hydrogen-bond donors (Lipinski definition) is 0. The maximum Gasteiger partial charge on any atom is 0.410 e. The Bertz CT molecular complexity index is 415. The Balaban J connectivity index is 1.73. The monoisotopic (exact) mass is 266 g/mol. The van der Waals surface area contributed by atoms with E-state index < -0.39 is 5.60 Å². The minimum absolute atomic E-state index is 0.151. The molecule has 0 aliphatic carbocycles. The van der Waals surface area contributed by atoms with E-state index in [2.05, 4.69) is 4.99 Å². The van der Waals surface area contributed by atoms with Crippen molar-refractivity contribution in [2.45, 2.75) is 26.4 Å². The largest absolute Gasteiger partial charge is 0.444 e. The van der Waals surface area contributed by atoms with Gasteiger partial charge in [0.1, 0.15) is 5.60 Å². The maximum atomic E-state index is 12.2. The molecule has 3 atom stereocenters. The summed E-state index contributed by atoms with van der Waals surface area (Å²) in [6.07, 6.45) is 1.80. The minimum atomic E-state index is -0.443. The third-order valence-corrected chi connectivity index (χ3v) is 4.42. The smallest absolute Gasteiger partial charge is 0.410 e. The second-order valence-electron chi connectivity index (χ2n) is 6.93.